The van der Waals surface area contributed by atoms with Crippen molar-refractivity contribution in [1.29, 1.82) is 0 Å². The Bertz CT molecular complexity index is 554. The number of nitrogens with one attached hydrogen (secondary N) is 1. The number of sulfonamides is 1. The van der Waals surface area contributed by atoms with Crippen molar-refractivity contribution in [1.82, 2.24) is 4.72 Å². The van der Waals surface area contributed by atoms with Gasteiger partial charge in [-0.1, -0.05) is 32.4 Å². The van der Waals surface area contributed by atoms with Crippen LogP contribution < -0.4 is 4.72 Å². The van der Waals surface area contributed by atoms with E-state index < -0.39 is 15.8 Å². The van der Waals surface area contributed by atoms with Crippen LogP contribution in [0.1, 0.15) is 39.5 Å². The highest BCUT2D eigenvalue weighted by Crippen LogP contribution is 2.35. The van der Waals surface area contributed by atoms with E-state index in [-0.39, 0.29) is 16.4 Å². The first kappa shape index (κ1) is 14.5. The van der Waals surface area contributed by atoms with Crippen LogP contribution in [0.25, 0.3) is 0 Å². The van der Waals surface area contributed by atoms with Gasteiger partial charge in [0.25, 0.3) is 0 Å². The standard InChI is InChI=1S/C14H20FNO2S/c1-14(2)9-5-6-11(10-14)16-19(17,18)13-8-4-3-7-12(13)15/h3-4,7-8,11,16H,5-6,9-10H2,1-2H3. The van der Waals surface area contributed by atoms with Gasteiger partial charge in [-0.25, -0.2) is 17.5 Å². The van der Waals surface area contributed by atoms with E-state index in [2.05, 4.69) is 18.6 Å². The molecule has 0 radical (unpaired) electrons. The summed E-state index contributed by atoms with van der Waals surface area (Å²) in [5.74, 6) is -0.704. The third-order valence-corrected chi connectivity index (χ3v) is 5.21. The normalized spacial score (nSPS) is 23.2. The Balaban J connectivity index is 2.16. The van der Waals surface area contributed by atoms with Crippen LogP contribution in [0.3, 0.4) is 0 Å². The molecule has 1 aromatic rings. The van der Waals surface area contributed by atoms with Crippen molar-refractivity contribution in [3.8, 4) is 0 Å². The second-order valence-corrected chi connectivity index (χ2v) is 7.69. The van der Waals surface area contributed by atoms with Gasteiger partial charge < -0.3 is 0 Å². The minimum atomic E-state index is -3.77. The molecule has 106 valence electrons. The minimum Gasteiger partial charge on any atom is -0.208 e. The van der Waals surface area contributed by atoms with Gasteiger partial charge in [0, 0.05) is 6.04 Å². The monoisotopic (exact) mass is 285 g/mol. The summed E-state index contributed by atoms with van der Waals surface area (Å²) < 4.78 is 40.6. The van der Waals surface area contributed by atoms with E-state index in [9.17, 15) is 12.8 Å². The molecule has 1 aliphatic carbocycles. The molecular formula is C14H20FNO2S. The molecule has 0 aliphatic heterocycles. The Kier molecular flexibility index (Phi) is 3.97. The van der Waals surface area contributed by atoms with Gasteiger partial charge in [0.15, 0.2) is 0 Å². The number of halogens is 1. The number of hydrogen-bond donors (Lipinski definition) is 1. The number of hydrogen-bond acceptors (Lipinski definition) is 2. The Labute approximate surface area is 114 Å². The zero-order valence-electron chi connectivity index (χ0n) is 11.3. The van der Waals surface area contributed by atoms with Gasteiger partial charge in [-0.05, 0) is 36.8 Å². The van der Waals surface area contributed by atoms with Crippen molar-refractivity contribution in [3.63, 3.8) is 0 Å². The highest BCUT2D eigenvalue weighted by atomic mass is 32.2. The summed E-state index contributed by atoms with van der Waals surface area (Å²) >= 11 is 0. The first-order valence-corrected chi connectivity index (χ1v) is 8.05. The Morgan fingerprint density at radius 3 is 2.63 bits per heavy atom. The molecule has 0 bridgehead atoms. The fourth-order valence-corrected chi connectivity index (χ4v) is 4.09. The van der Waals surface area contributed by atoms with Crippen LogP contribution >= 0.6 is 0 Å². The van der Waals surface area contributed by atoms with Crippen LogP contribution in [-0.2, 0) is 10.0 Å². The molecule has 1 atom stereocenters. The maximum absolute atomic E-state index is 13.6. The van der Waals surface area contributed by atoms with Gasteiger partial charge in [0.05, 0.1) is 0 Å². The van der Waals surface area contributed by atoms with Gasteiger partial charge >= 0.3 is 0 Å². The topological polar surface area (TPSA) is 46.2 Å². The van der Waals surface area contributed by atoms with E-state index in [1.165, 1.54) is 24.3 Å². The van der Waals surface area contributed by atoms with Gasteiger partial charge in [-0.3, -0.25) is 0 Å². The largest absolute Gasteiger partial charge is 0.243 e. The molecule has 0 amide bonds. The summed E-state index contributed by atoms with van der Waals surface area (Å²) in [5.41, 5.74) is 0.140. The lowest BCUT2D eigenvalue weighted by atomic mass is 9.75. The molecule has 1 aromatic carbocycles. The molecule has 0 spiro atoms. The molecule has 1 unspecified atom stereocenters. The van der Waals surface area contributed by atoms with Crippen LogP contribution in [0, 0.1) is 11.2 Å². The predicted molar refractivity (Wildman–Crippen MR) is 72.8 cm³/mol. The lowest BCUT2D eigenvalue weighted by molar-refractivity contribution is 0.212. The molecule has 0 heterocycles. The maximum Gasteiger partial charge on any atom is 0.243 e. The summed E-state index contributed by atoms with van der Waals surface area (Å²) in [5, 5.41) is 0. The third kappa shape index (κ3) is 3.54. The summed E-state index contributed by atoms with van der Waals surface area (Å²) in [4.78, 5) is -0.265. The quantitative estimate of drug-likeness (QED) is 0.927. The Morgan fingerprint density at radius 2 is 2.00 bits per heavy atom. The predicted octanol–water partition coefficient (Wildman–Crippen LogP) is 3.07. The second kappa shape index (κ2) is 5.21. The zero-order chi connectivity index (χ0) is 14.1. The van der Waals surface area contributed by atoms with E-state index >= 15 is 0 Å². The van der Waals surface area contributed by atoms with Gasteiger partial charge in [-0.2, -0.15) is 0 Å². The second-order valence-electron chi connectivity index (χ2n) is 6.01. The van der Waals surface area contributed by atoms with Crippen molar-refractivity contribution in [3.05, 3.63) is 30.1 Å². The van der Waals surface area contributed by atoms with Crippen molar-refractivity contribution in [2.24, 2.45) is 5.41 Å². The molecule has 1 aliphatic rings. The summed E-state index contributed by atoms with van der Waals surface area (Å²) in [7, 11) is -3.77. The van der Waals surface area contributed by atoms with E-state index in [0.29, 0.717) is 0 Å². The minimum absolute atomic E-state index is 0.103. The van der Waals surface area contributed by atoms with Crippen LogP contribution in [0.15, 0.2) is 29.2 Å². The zero-order valence-corrected chi connectivity index (χ0v) is 12.1. The van der Waals surface area contributed by atoms with Gasteiger partial charge in [0.1, 0.15) is 10.7 Å². The van der Waals surface area contributed by atoms with Crippen LogP contribution in [0.2, 0.25) is 0 Å². The molecule has 1 saturated carbocycles. The van der Waals surface area contributed by atoms with Crippen molar-refractivity contribution >= 4 is 10.0 Å². The third-order valence-electron chi connectivity index (χ3n) is 3.65. The average molecular weight is 285 g/mol. The van der Waals surface area contributed by atoms with Crippen molar-refractivity contribution < 1.29 is 12.8 Å². The van der Waals surface area contributed by atoms with E-state index in [0.717, 1.165) is 25.7 Å². The fraction of sp³-hybridized carbons (Fsp3) is 0.571. The molecule has 3 nitrogen and oxygen atoms in total. The smallest absolute Gasteiger partial charge is 0.208 e. The average Bonchev–Trinajstić information content (AvgIpc) is 2.27. The molecule has 2 rings (SSSR count). The highest BCUT2D eigenvalue weighted by Gasteiger charge is 2.31. The molecule has 0 aromatic heterocycles. The summed E-state index contributed by atoms with van der Waals surface area (Å²) in [6.45, 7) is 4.27. The lowest BCUT2D eigenvalue weighted by Gasteiger charge is -2.35. The SMILES string of the molecule is CC1(C)CCCC(NS(=O)(=O)c2ccccc2F)C1. The first-order valence-electron chi connectivity index (χ1n) is 6.57. The molecule has 1 fully saturated rings. The van der Waals surface area contributed by atoms with E-state index in [4.69, 9.17) is 0 Å². The van der Waals surface area contributed by atoms with E-state index in [1.807, 2.05) is 0 Å². The molecule has 5 heteroatoms. The fourth-order valence-electron chi connectivity index (χ4n) is 2.74. The highest BCUT2D eigenvalue weighted by molar-refractivity contribution is 7.89. The summed E-state index contributed by atoms with van der Waals surface area (Å²) in [6, 6.07) is 5.37. The van der Waals surface area contributed by atoms with E-state index in [1.54, 1.807) is 0 Å². The lowest BCUT2D eigenvalue weighted by Crippen LogP contribution is -2.40. The van der Waals surface area contributed by atoms with Crippen LogP contribution in [-0.4, -0.2) is 14.5 Å². The molecule has 19 heavy (non-hydrogen) atoms. The van der Waals surface area contributed by atoms with Crippen LogP contribution in [0.5, 0.6) is 0 Å². The number of rotatable bonds is 3. The van der Waals surface area contributed by atoms with Gasteiger partial charge in [0.2, 0.25) is 10.0 Å². The van der Waals surface area contributed by atoms with Crippen LogP contribution in [0.4, 0.5) is 4.39 Å². The maximum atomic E-state index is 13.6. The first-order chi connectivity index (χ1) is 8.80. The Hall–Kier alpha value is -0.940. The molecular weight excluding hydrogens is 265 g/mol. The summed E-state index contributed by atoms with van der Waals surface area (Å²) in [6.07, 6.45) is 3.71. The van der Waals surface area contributed by atoms with Crippen molar-refractivity contribution in [2.45, 2.75) is 50.5 Å². The molecule has 0 saturated heterocycles. The molecule has 1 N–H and O–H groups in total. The number of benzene rings is 1. The Morgan fingerprint density at radius 1 is 1.32 bits per heavy atom. The van der Waals surface area contributed by atoms with Crippen molar-refractivity contribution in [2.75, 3.05) is 0 Å². The van der Waals surface area contributed by atoms with Gasteiger partial charge in [-0.15, -0.1) is 0 Å².